The number of alkyl halides is 3. The van der Waals surface area contributed by atoms with Crippen molar-refractivity contribution in [2.75, 3.05) is 26.2 Å². The number of rotatable bonds is 2. The van der Waals surface area contributed by atoms with Crippen molar-refractivity contribution in [1.29, 1.82) is 0 Å². The smallest absolute Gasteiger partial charge is 0.475 e. The van der Waals surface area contributed by atoms with Gasteiger partial charge in [0.25, 0.3) is 0 Å². The Hall–Kier alpha value is -1.15. The minimum Gasteiger partial charge on any atom is -0.475 e. The zero-order valence-corrected chi connectivity index (χ0v) is 10.3. The molecule has 110 valence electrons. The van der Waals surface area contributed by atoms with Crippen molar-refractivity contribution < 1.29 is 27.9 Å². The van der Waals surface area contributed by atoms with Crippen molar-refractivity contribution in [3.63, 3.8) is 0 Å². The first-order valence-corrected chi connectivity index (χ1v) is 6.07. The highest BCUT2D eigenvalue weighted by Crippen LogP contribution is 2.18. The summed E-state index contributed by atoms with van der Waals surface area (Å²) in [6.45, 7) is 3.87. The highest BCUT2D eigenvalue weighted by atomic mass is 19.4. The number of ketones is 1. The van der Waals surface area contributed by atoms with E-state index in [9.17, 15) is 18.0 Å². The fourth-order valence-electron chi connectivity index (χ4n) is 2.13. The zero-order valence-electron chi connectivity index (χ0n) is 10.3. The van der Waals surface area contributed by atoms with Crippen LogP contribution >= 0.6 is 0 Å². The van der Waals surface area contributed by atoms with Gasteiger partial charge in [0.1, 0.15) is 5.78 Å². The summed E-state index contributed by atoms with van der Waals surface area (Å²) in [5.41, 5.74) is 0. The van der Waals surface area contributed by atoms with E-state index in [0.717, 1.165) is 39.0 Å². The predicted molar refractivity (Wildman–Crippen MR) is 60.7 cm³/mol. The molecule has 0 aliphatic carbocycles. The van der Waals surface area contributed by atoms with Crippen LogP contribution in [-0.2, 0) is 9.59 Å². The molecule has 0 saturated carbocycles. The number of carboxylic acids is 1. The van der Waals surface area contributed by atoms with Crippen LogP contribution in [-0.4, -0.2) is 49.2 Å². The molecule has 2 rings (SSSR count). The third kappa shape index (κ3) is 5.15. The van der Waals surface area contributed by atoms with E-state index in [1.807, 2.05) is 0 Å². The number of carboxylic acid groups (broad SMARTS) is 1. The number of hydrogen-bond acceptors (Lipinski definition) is 4. The van der Waals surface area contributed by atoms with Crippen LogP contribution in [0.25, 0.3) is 0 Å². The summed E-state index contributed by atoms with van der Waals surface area (Å²) in [6.07, 6.45) is -2.98. The normalized spacial score (nSPS) is 26.7. The lowest BCUT2D eigenvalue weighted by molar-refractivity contribution is -0.192. The van der Waals surface area contributed by atoms with Crippen molar-refractivity contribution in [3.8, 4) is 0 Å². The molecular weight excluding hydrogens is 265 g/mol. The molecule has 2 unspecified atom stereocenters. The van der Waals surface area contributed by atoms with Gasteiger partial charge in [0.05, 0.1) is 0 Å². The standard InChI is InChI=1S/C9H16N2O.C2HF3O2/c12-9(7-1-3-10-5-7)8-2-4-11-6-8;3-2(4,5)1(6)7/h7-8,10-11H,1-6H2;(H,6,7). The minimum absolute atomic E-state index is 0.315. The molecule has 2 atom stereocenters. The molecule has 19 heavy (non-hydrogen) atoms. The minimum atomic E-state index is -5.08. The molecule has 5 nitrogen and oxygen atoms in total. The molecule has 8 heteroatoms. The van der Waals surface area contributed by atoms with E-state index in [4.69, 9.17) is 9.90 Å². The molecule has 2 heterocycles. The SMILES string of the molecule is O=C(C1CCNC1)C1CCNC1.O=C(O)C(F)(F)F. The van der Waals surface area contributed by atoms with Crippen LogP contribution in [0, 0.1) is 11.8 Å². The monoisotopic (exact) mass is 282 g/mol. The Morgan fingerprint density at radius 1 is 1.00 bits per heavy atom. The van der Waals surface area contributed by atoms with Crippen LogP contribution in [0.15, 0.2) is 0 Å². The molecule has 2 aliphatic heterocycles. The van der Waals surface area contributed by atoms with Gasteiger partial charge in [-0.1, -0.05) is 0 Å². The highest BCUT2D eigenvalue weighted by Gasteiger charge is 2.38. The number of nitrogens with one attached hydrogen (secondary N) is 2. The maximum atomic E-state index is 11.8. The molecule has 0 bridgehead atoms. The van der Waals surface area contributed by atoms with E-state index in [1.54, 1.807) is 0 Å². The second kappa shape index (κ2) is 6.85. The molecule has 2 aliphatic rings. The van der Waals surface area contributed by atoms with E-state index < -0.39 is 12.1 Å². The third-order valence-corrected chi connectivity index (χ3v) is 3.17. The third-order valence-electron chi connectivity index (χ3n) is 3.17. The Bertz CT molecular complexity index is 304. The van der Waals surface area contributed by atoms with Gasteiger partial charge in [0, 0.05) is 24.9 Å². The number of carbonyl (C=O) groups is 2. The lowest BCUT2D eigenvalue weighted by Crippen LogP contribution is -2.26. The van der Waals surface area contributed by atoms with Gasteiger partial charge in [0.2, 0.25) is 0 Å². The maximum absolute atomic E-state index is 11.8. The largest absolute Gasteiger partial charge is 0.490 e. The van der Waals surface area contributed by atoms with Gasteiger partial charge in [-0.15, -0.1) is 0 Å². The average molecular weight is 282 g/mol. The van der Waals surface area contributed by atoms with Crippen molar-refractivity contribution in [1.82, 2.24) is 10.6 Å². The van der Waals surface area contributed by atoms with Gasteiger partial charge in [-0.25, -0.2) is 4.79 Å². The van der Waals surface area contributed by atoms with Crippen LogP contribution in [0.3, 0.4) is 0 Å². The van der Waals surface area contributed by atoms with Gasteiger partial charge in [-0.05, 0) is 25.9 Å². The maximum Gasteiger partial charge on any atom is 0.490 e. The van der Waals surface area contributed by atoms with Gasteiger partial charge < -0.3 is 15.7 Å². The molecule has 2 fully saturated rings. The van der Waals surface area contributed by atoms with E-state index in [-0.39, 0.29) is 0 Å². The lowest BCUT2D eigenvalue weighted by atomic mass is 9.91. The Morgan fingerprint density at radius 3 is 1.58 bits per heavy atom. The van der Waals surface area contributed by atoms with Gasteiger partial charge in [-0.2, -0.15) is 13.2 Å². The van der Waals surface area contributed by atoms with Crippen molar-refractivity contribution in [3.05, 3.63) is 0 Å². The van der Waals surface area contributed by atoms with Crippen molar-refractivity contribution in [2.24, 2.45) is 11.8 Å². The number of aliphatic carboxylic acids is 1. The van der Waals surface area contributed by atoms with Crippen molar-refractivity contribution >= 4 is 11.8 Å². The van der Waals surface area contributed by atoms with Gasteiger partial charge in [0.15, 0.2) is 0 Å². The summed E-state index contributed by atoms with van der Waals surface area (Å²) in [6, 6.07) is 0. The van der Waals surface area contributed by atoms with E-state index in [0.29, 0.717) is 17.6 Å². The van der Waals surface area contributed by atoms with Crippen LogP contribution in [0.2, 0.25) is 0 Å². The van der Waals surface area contributed by atoms with Crippen molar-refractivity contribution in [2.45, 2.75) is 19.0 Å². The summed E-state index contributed by atoms with van der Waals surface area (Å²) < 4.78 is 31.7. The van der Waals surface area contributed by atoms with Gasteiger partial charge in [-0.3, -0.25) is 4.79 Å². The quantitative estimate of drug-likeness (QED) is 0.683. The topological polar surface area (TPSA) is 78.4 Å². The van der Waals surface area contributed by atoms with E-state index >= 15 is 0 Å². The fraction of sp³-hybridized carbons (Fsp3) is 0.818. The molecule has 3 N–H and O–H groups in total. The fourth-order valence-corrected chi connectivity index (χ4v) is 2.13. The number of halogens is 3. The van der Waals surface area contributed by atoms with E-state index in [2.05, 4.69) is 10.6 Å². The molecule has 0 amide bonds. The summed E-state index contributed by atoms with van der Waals surface area (Å²) in [5, 5.41) is 13.6. The lowest BCUT2D eigenvalue weighted by Gasteiger charge is -2.11. The molecule has 0 aromatic rings. The van der Waals surface area contributed by atoms with Gasteiger partial charge >= 0.3 is 12.1 Å². The summed E-state index contributed by atoms with van der Waals surface area (Å²) in [5.74, 6) is -1.64. The Balaban J connectivity index is 0.000000224. The first-order chi connectivity index (χ1) is 8.82. The second-order valence-corrected chi connectivity index (χ2v) is 4.58. The summed E-state index contributed by atoms with van der Waals surface area (Å²) >= 11 is 0. The first-order valence-electron chi connectivity index (χ1n) is 6.07. The Labute approximate surface area is 108 Å². The number of hydrogen-bond donors (Lipinski definition) is 3. The highest BCUT2D eigenvalue weighted by molar-refractivity contribution is 5.84. The molecular formula is C11H17F3N2O3. The summed E-state index contributed by atoms with van der Waals surface area (Å²) in [7, 11) is 0. The van der Waals surface area contributed by atoms with Crippen LogP contribution in [0.4, 0.5) is 13.2 Å². The van der Waals surface area contributed by atoms with E-state index in [1.165, 1.54) is 0 Å². The molecule has 0 radical (unpaired) electrons. The first kappa shape index (κ1) is 15.9. The zero-order chi connectivity index (χ0) is 14.5. The second-order valence-electron chi connectivity index (χ2n) is 4.58. The number of carbonyl (C=O) groups excluding carboxylic acids is 1. The number of Topliss-reactive ketones (excluding diaryl/α,β-unsaturated/α-hetero) is 1. The average Bonchev–Trinajstić information content (AvgIpc) is 3.01. The van der Waals surface area contributed by atoms with Crippen LogP contribution in [0.1, 0.15) is 12.8 Å². The Morgan fingerprint density at radius 2 is 1.37 bits per heavy atom. The summed E-state index contributed by atoms with van der Waals surface area (Å²) in [4.78, 5) is 20.7. The Kier molecular flexibility index (Phi) is 5.74. The molecule has 2 saturated heterocycles. The molecule has 0 spiro atoms. The predicted octanol–water partition coefficient (Wildman–Crippen LogP) is 0.408. The van der Waals surface area contributed by atoms with Crippen LogP contribution < -0.4 is 10.6 Å². The van der Waals surface area contributed by atoms with Crippen LogP contribution in [0.5, 0.6) is 0 Å². The molecule has 0 aromatic carbocycles. The molecule has 0 aromatic heterocycles.